The van der Waals surface area contributed by atoms with E-state index in [4.69, 9.17) is 0 Å². The van der Waals surface area contributed by atoms with Crippen molar-refractivity contribution in [2.24, 2.45) is 0 Å². The average molecular weight is 413 g/mol. The van der Waals surface area contributed by atoms with Crippen LogP contribution in [0.5, 0.6) is 0 Å². The Morgan fingerprint density at radius 1 is 0.414 bits per heavy atom. The molecule has 0 aromatic heterocycles. The van der Waals surface area contributed by atoms with Gasteiger partial charge in [0.25, 0.3) is 0 Å². The molecule has 0 radical (unpaired) electrons. The summed E-state index contributed by atoms with van der Waals surface area (Å²) in [5, 5.41) is 0. The molecule has 0 aliphatic heterocycles. The Hall–Kier alpha value is -2.42. The summed E-state index contributed by atoms with van der Waals surface area (Å²) in [6.45, 7) is 0. The second kappa shape index (κ2) is 9.87. The molecule has 4 aromatic carbocycles. The van der Waals surface area contributed by atoms with Crippen molar-refractivity contribution < 1.29 is 0 Å². The normalized spacial score (nSPS) is 11.3. The van der Waals surface area contributed by atoms with E-state index in [1.54, 1.807) is 0 Å². The van der Waals surface area contributed by atoms with E-state index in [-0.39, 0.29) is 4.08 Å². The first-order valence-electron chi connectivity index (χ1n) is 9.87. The van der Waals surface area contributed by atoms with E-state index >= 15 is 0 Å². The van der Waals surface area contributed by atoms with Crippen LogP contribution in [0, 0.1) is 0 Å². The minimum atomic E-state index is -0.0502. The predicted octanol–water partition coefficient (Wildman–Crippen LogP) is 7.75. The van der Waals surface area contributed by atoms with Crippen LogP contribution in [0.15, 0.2) is 131 Å². The lowest BCUT2D eigenvalue weighted by molar-refractivity contribution is 0.784. The molecular weight excluding hydrogens is 388 g/mol. The molecule has 144 valence electrons. The molecule has 0 bridgehead atoms. The Kier molecular flexibility index (Phi) is 6.76. The summed E-state index contributed by atoms with van der Waals surface area (Å²) < 4.78 is -0.0502. The molecule has 0 amide bonds. The molecule has 0 heterocycles. The fourth-order valence-electron chi connectivity index (χ4n) is 3.45. The minimum Gasteiger partial charge on any atom is -0.107 e. The van der Waals surface area contributed by atoms with E-state index in [2.05, 4.69) is 121 Å². The van der Waals surface area contributed by atoms with E-state index in [0.29, 0.717) is 0 Å². The molecular formula is C27H24S2. The van der Waals surface area contributed by atoms with Crippen LogP contribution in [-0.4, -0.2) is 4.08 Å². The second-order valence-corrected chi connectivity index (χ2v) is 10.2. The Morgan fingerprint density at radius 2 is 0.724 bits per heavy atom. The Morgan fingerprint density at radius 3 is 1.07 bits per heavy atom. The number of hydrogen-bond donors (Lipinski definition) is 0. The molecule has 4 rings (SSSR count). The third-order valence-electron chi connectivity index (χ3n) is 4.73. The number of hydrogen-bond acceptors (Lipinski definition) is 2. The van der Waals surface area contributed by atoms with Crippen LogP contribution < -0.4 is 0 Å². The Bertz CT molecular complexity index is 812. The van der Waals surface area contributed by atoms with Crippen molar-refractivity contribution in [1.29, 1.82) is 0 Å². The zero-order valence-corrected chi connectivity index (χ0v) is 17.9. The molecule has 0 aliphatic carbocycles. The molecule has 0 saturated heterocycles. The summed E-state index contributed by atoms with van der Waals surface area (Å²) in [7, 11) is 0. The van der Waals surface area contributed by atoms with Gasteiger partial charge in [-0.1, -0.05) is 97.1 Å². The van der Waals surface area contributed by atoms with Crippen LogP contribution >= 0.6 is 23.5 Å². The minimum absolute atomic E-state index is 0.0502. The van der Waals surface area contributed by atoms with Crippen molar-refractivity contribution in [2.75, 3.05) is 0 Å². The number of thioether (sulfide) groups is 2. The SMILES string of the molecule is c1ccc(CC(Cc2ccccc2)(Sc2ccccc2)Sc2ccccc2)cc1. The van der Waals surface area contributed by atoms with Crippen molar-refractivity contribution in [3.8, 4) is 0 Å². The van der Waals surface area contributed by atoms with Gasteiger partial charge in [0.2, 0.25) is 0 Å². The highest BCUT2D eigenvalue weighted by Gasteiger charge is 2.33. The van der Waals surface area contributed by atoms with Crippen LogP contribution in [0.25, 0.3) is 0 Å². The topological polar surface area (TPSA) is 0 Å². The van der Waals surface area contributed by atoms with Gasteiger partial charge in [-0.15, -0.1) is 23.5 Å². The molecule has 2 heteroatoms. The van der Waals surface area contributed by atoms with Crippen molar-refractivity contribution in [1.82, 2.24) is 0 Å². The maximum absolute atomic E-state index is 2.25. The zero-order valence-electron chi connectivity index (χ0n) is 16.3. The highest BCUT2D eigenvalue weighted by molar-refractivity contribution is 8.18. The Labute approximate surface area is 182 Å². The molecule has 0 fully saturated rings. The van der Waals surface area contributed by atoms with Crippen molar-refractivity contribution in [2.45, 2.75) is 26.7 Å². The van der Waals surface area contributed by atoms with Crippen LogP contribution in [0.3, 0.4) is 0 Å². The third-order valence-corrected chi connectivity index (χ3v) is 7.56. The van der Waals surface area contributed by atoms with Crippen molar-refractivity contribution >= 4 is 23.5 Å². The van der Waals surface area contributed by atoms with Gasteiger partial charge in [0.15, 0.2) is 0 Å². The first kappa shape index (κ1) is 19.9. The second-order valence-electron chi connectivity index (χ2n) is 7.07. The fraction of sp³-hybridized carbons (Fsp3) is 0.111. The zero-order chi connectivity index (χ0) is 19.8. The standard InChI is InChI=1S/C27H24S2/c1-5-13-23(14-6-1)21-27(22-24-15-7-2-8-16-24,28-25-17-9-3-10-18-25)29-26-19-11-4-12-20-26/h1-20H,21-22H2. The molecule has 0 nitrogen and oxygen atoms in total. The van der Waals surface area contributed by atoms with E-state index in [9.17, 15) is 0 Å². The molecule has 4 aromatic rings. The van der Waals surface area contributed by atoms with Gasteiger partial charge in [-0.25, -0.2) is 0 Å². The van der Waals surface area contributed by atoms with Gasteiger partial charge in [0, 0.05) is 9.79 Å². The van der Waals surface area contributed by atoms with E-state index in [1.165, 1.54) is 20.9 Å². The number of benzene rings is 4. The van der Waals surface area contributed by atoms with Gasteiger partial charge in [-0.05, 0) is 48.2 Å². The first-order chi connectivity index (χ1) is 14.3. The molecule has 0 spiro atoms. The summed E-state index contributed by atoms with van der Waals surface area (Å²) in [5.41, 5.74) is 2.74. The van der Waals surface area contributed by atoms with Crippen molar-refractivity contribution in [3.63, 3.8) is 0 Å². The largest absolute Gasteiger partial charge is 0.107 e. The lowest BCUT2D eigenvalue weighted by atomic mass is 10.0. The van der Waals surface area contributed by atoms with Crippen LogP contribution in [0.2, 0.25) is 0 Å². The van der Waals surface area contributed by atoms with Crippen LogP contribution in [0.1, 0.15) is 11.1 Å². The van der Waals surface area contributed by atoms with Gasteiger partial charge >= 0.3 is 0 Å². The molecule has 0 aliphatic rings. The third kappa shape index (κ3) is 5.79. The quantitative estimate of drug-likeness (QED) is 0.214. The molecule has 0 saturated carbocycles. The summed E-state index contributed by atoms with van der Waals surface area (Å²) in [4.78, 5) is 2.62. The monoisotopic (exact) mass is 412 g/mol. The highest BCUT2D eigenvalue weighted by Crippen LogP contribution is 2.49. The van der Waals surface area contributed by atoms with Gasteiger partial charge in [0.1, 0.15) is 0 Å². The molecule has 29 heavy (non-hydrogen) atoms. The fourth-order valence-corrected chi connectivity index (χ4v) is 6.59. The van der Waals surface area contributed by atoms with Crippen molar-refractivity contribution in [3.05, 3.63) is 132 Å². The first-order valence-corrected chi connectivity index (χ1v) is 11.5. The highest BCUT2D eigenvalue weighted by atomic mass is 32.2. The molecule has 0 N–H and O–H groups in total. The van der Waals surface area contributed by atoms with Gasteiger partial charge in [0.05, 0.1) is 4.08 Å². The van der Waals surface area contributed by atoms with Gasteiger partial charge in [-0.3, -0.25) is 0 Å². The lowest BCUT2D eigenvalue weighted by Gasteiger charge is -2.33. The lowest BCUT2D eigenvalue weighted by Crippen LogP contribution is -2.27. The summed E-state index contributed by atoms with van der Waals surface area (Å²) in [6, 6.07) is 43.3. The maximum atomic E-state index is 2.25. The Balaban J connectivity index is 1.75. The maximum Gasteiger partial charge on any atom is 0.0785 e. The van der Waals surface area contributed by atoms with Gasteiger partial charge < -0.3 is 0 Å². The predicted molar refractivity (Wildman–Crippen MR) is 128 cm³/mol. The summed E-state index contributed by atoms with van der Waals surface area (Å²) >= 11 is 3.97. The van der Waals surface area contributed by atoms with Gasteiger partial charge in [-0.2, -0.15) is 0 Å². The average Bonchev–Trinajstić information content (AvgIpc) is 2.76. The summed E-state index contributed by atoms with van der Waals surface area (Å²) in [6.07, 6.45) is 1.98. The van der Waals surface area contributed by atoms with Crippen LogP contribution in [0.4, 0.5) is 0 Å². The molecule has 0 unspecified atom stereocenters. The van der Waals surface area contributed by atoms with Crippen LogP contribution in [-0.2, 0) is 12.8 Å². The smallest absolute Gasteiger partial charge is 0.0785 e. The molecule has 0 atom stereocenters. The summed E-state index contributed by atoms with van der Waals surface area (Å²) in [5.74, 6) is 0. The van der Waals surface area contributed by atoms with E-state index in [1.807, 2.05) is 23.5 Å². The van der Waals surface area contributed by atoms with E-state index in [0.717, 1.165) is 12.8 Å². The number of rotatable bonds is 8. The van der Waals surface area contributed by atoms with E-state index < -0.39 is 0 Å².